The average Bonchev–Trinajstić information content (AvgIpc) is 3.12. The first-order valence-corrected chi connectivity index (χ1v) is 11.2. The van der Waals surface area contributed by atoms with Crippen molar-refractivity contribution in [1.82, 2.24) is 9.97 Å². The Morgan fingerprint density at radius 1 is 0.967 bits per heavy atom. The van der Waals surface area contributed by atoms with Crippen LogP contribution in [0.3, 0.4) is 0 Å². The zero-order valence-electron chi connectivity index (χ0n) is 17.6. The number of aliphatic hydroxyl groups is 1. The molecule has 2 aromatic heterocycles. The van der Waals surface area contributed by atoms with Crippen molar-refractivity contribution in [3.05, 3.63) is 76.4 Å². The SMILES string of the molecule is Cc1ccc(-c2ccc(CCCNc3nc(C(C)O)nc4sc(C)cc34)cc2)cc1. The number of hydrogen-bond donors (Lipinski definition) is 2. The maximum Gasteiger partial charge on any atom is 0.160 e. The summed E-state index contributed by atoms with van der Waals surface area (Å²) in [7, 11) is 0. The van der Waals surface area contributed by atoms with Gasteiger partial charge < -0.3 is 10.4 Å². The predicted octanol–water partition coefficient (Wildman–Crippen LogP) is 6.07. The highest BCUT2D eigenvalue weighted by Gasteiger charge is 2.13. The molecule has 4 nitrogen and oxygen atoms in total. The molecule has 0 saturated carbocycles. The standard InChI is InChI=1S/C25H27N3OS/c1-16-6-10-20(11-7-16)21-12-8-19(9-13-21)5-4-14-26-24-22-15-17(2)30-25(22)28-23(27-24)18(3)29/h6-13,15,18,29H,4-5,14H2,1-3H3,(H,26,27,28). The molecule has 0 aliphatic heterocycles. The number of aromatic nitrogens is 2. The topological polar surface area (TPSA) is 58.0 Å². The van der Waals surface area contributed by atoms with Gasteiger partial charge in [-0.05, 0) is 56.4 Å². The molecule has 2 heterocycles. The van der Waals surface area contributed by atoms with E-state index in [9.17, 15) is 5.11 Å². The van der Waals surface area contributed by atoms with Gasteiger partial charge in [0, 0.05) is 11.4 Å². The van der Waals surface area contributed by atoms with Crippen LogP contribution in [0.5, 0.6) is 0 Å². The average molecular weight is 418 g/mol. The lowest BCUT2D eigenvalue weighted by molar-refractivity contribution is 0.189. The van der Waals surface area contributed by atoms with Gasteiger partial charge in [-0.25, -0.2) is 9.97 Å². The molecule has 5 heteroatoms. The van der Waals surface area contributed by atoms with E-state index < -0.39 is 6.10 Å². The monoisotopic (exact) mass is 417 g/mol. The van der Waals surface area contributed by atoms with Crippen LogP contribution in [0, 0.1) is 13.8 Å². The number of nitrogens with zero attached hydrogens (tertiary/aromatic N) is 2. The number of nitrogens with one attached hydrogen (secondary N) is 1. The largest absolute Gasteiger partial charge is 0.385 e. The van der Waals surface area contributed by atoms with E-state index in [1.165, 1.54) is 27.1 Å². The summed E-state index contributed by atoms with van der Waals surface area (Å²) in [6.07, 6.45) is 1.33. The minimum atomic E-state index is -0.676. The van der Waals surface area contributed by atoms with Crippen LogP contribution in [-0.4, -0.2) is 21.6 Å². The number of aliphatic hydroxyl groups excluding tert-OH is 1. The molecule has 0 saturated heterocycles. The molecule has 2 N–H and O–H groups in total. The minimum Gasteiger partial charge on any atom is -0.385 e. The van der Waals surface area contributed by atoms with Crippen LogP contribution in [0.25, 0.3) is 21.3 Å². The number of rotatable bonds is 7. The molecule has 1 atom stereocenters. The van der Waals surface area contributed by atoms with Crippen LogP contribution in [-0.2, 0) is 6.42 Å². The van der Waals surface area contributed by atoms with Crippen molar-refractivity contribution in [2.45, 2.75) is 39.7 Å². The number of thiophene rings is 1. The summed E-state index contributed by atoms with van der Waals surface area (Å²) >= 11 is 1.63. The smallest absolute Gasteiger partial charge is 0.160 e. The molecule has 1 unspecified atom stereocenters. The molecular weight excluding hydrogens is 390 g/mol. The fourth-order valence-electron chi connectivity index (χ4n) is 3.49. The molecule has 0 fully saturated rings. The summed E-state index contributed by atoms with van der Waals surface area (Å²) in [5, 5.41) is 14.4. The molecule has 0 aliphatic carbocycles. The van der Waals surface area contributed by atoms with Crippen molar-refractivity contribution in [3.8, 4) is 11.1 Å². The Balaban J connectivity index is 1.37. The van der Waals surface area contributed by atoms with E-state index in [2.05, 4.69) is 83.7 Å². The summed E-state index contributed by atoms with van der Waals surface area (Å²) < 4.78 is 0. The van der Waals surface area contributed by atoms with Gasteiger partial charge in [-0.1, -0.05) is 54.1 Å². The van der Waals surface area contributed by atoms with Gasteiger partial charge in [0.2, 0.25) is 0 Å². The van der Waals surface area contributed by atoms with E-state index in [-0.39, 0.29) is 0 Å². The minimum absolute atomic E-state index is 0.471. The lowest BCUT2D eigenvalue weighted by atomic mass is 10.0. The summed E-state index contributed by atoms with van der Waals surface area (Å²) in [5.74, 6) is 1.29. The molecular formula is C25H27N3OS. The maximum absolute atomic E-state index is 9.90. The highest BCUT2D eigenvalue weighted by molar-refractivity contribution is 7.18. The fourth-order valence-corrected chi connectivity index (χ4v) is 4.38. The molecule has 4 rings (SSSR count). The molecule has 30 heavy (non-hydrogen) atoms. The van der Waals surface area contributed by atoms with E-state index in [0.29, 0.717) is 5.82 Å². The zero-order chi connectivity index (χ0) is 21.1. The number of aryl methyl sites for hydroxylation is 3. The van der Waals surface area contributed by atoms with Crippen LogP contribution in [0.2, 0.25) is 0 Å². The molecule has 0 spiro atoms. The molecule has 2 aromatic carbocycles. The van der Waals surface area contributed by atoms with Gasteiger partial charge in [-0.2, -0.15) is 0 Å². The van der Waals surface area contributed by atoms with Crippen molar-refractivity contribution in [3.63, 3.8) is 0 Å². The van der Waals surface area contributed by atoms with Crippen LogP contribution >= 0.6 is 11.3 Å². The second-order valence-electron chi connectivity index (χ2n) is 7.78. The van der Waals surface area contributed by atoms with E-state index >= 15 is 0 Å². The van der Waals surface area contributed by atoms with Crippen molar-refractivity contribution in [1.29, 1.82) is 0 Å². The first kappa shape index (κ1) is 20.5. The fraction of sp³-hybridized carbons (Fsp3) is 0.280. The predicted molar refractivity (Wildman–Crippen MR) is 126 cm³/mol. The van der Waals surface area contributed by atoms with Gasteiger partial charge in [0.05, 0.1) is 5.39 Å². The van der Waals surface area contributed by atoms with Gasteiger partial charge in [-0.3, -0.25) is 0 Å². The highest BCUT2D eigenvalue weighted by Crippen LogP contribution is 2.29. The number of fused-ring (bicyclic) bond motifs is 1. The van der Waals surface area contributed by atoms with Crippen LogP contribution in [0.15, 0.2) is 54.6 Å². The Labute approximate surface area is 181 Å². The zero-order valence-corrected chi connectivity index (χ0v) is 18.5. The Morgan fingerprint density at radius 2 is 1.63 bits per heavy atom. The number of benzene rings is 2. The number of anilines is 1. The van der Waals surface area contributed by atoms with Crippen molar-refractivity contribution in [2.75, 3.05) is 11.9 Å². The molecule has 154 valence electrons. The summed E-state index contributed by atoms with van der Waals surface area (Å²) in [6.45, 7) is 6.70. The quantitative estimate of drug-likeness (QED) is 0.358. The Kier molecular flexibility index (Phi) is 6.11. The Morgan fingerprint density at radius 3 is 2.30 bits per heavy atom. The third kappa shape index (κ3) is 4.69. The van der Waals surface area contributed by atoms with E-state index in [1.807, 2.05) is 0 Å². The normalized spacial score (nSPS) is 12.3. The molecule has 0 aliphatic rings. The first-order chi connectivity index (χ1) is 14.5. The van der Waals surface area contributed by atoms with Crippen LogP contribution < -0.4 is 5.32 Å². The molecule has 0 radical (unpaired) electrons. The van der Waals surface area contributed by atoms with Gasteiger partial charge in [-0.15, -0.1) is 11.3 Å². The van der Waals surface area contributed by atoms with E-state index in [1.54, 1.807) is 18.3 Å². The third-order valence-electron chi connectivity index (χ3n) is 5.18. The summed E-state index contributed by atoms with van der Waals surface area (Å²) in [5.41, 5.74) is 5.11. The van der Waals surface area contributed by atoms with Gasteiger partial charge in [0.15, 0.2) is 5.82 Å². The summed E-state index contributed by atoms with van der Waals surface area (Å²) in [4.78, 5) is 11.1. The van der Waals surface area contributed by atoms with Crippen molar-refractivity contribution < 1.29 is 5.11 Å². The lowest BCUT2D eigenvalue weighted by Crippen LogP contribution is -2.08. The molecule has 4 aromatic rings. The van der Waals surface area contributed by atoms with E-state index in [0.717, 1.165) is 35.4 Å². The van der Waals surface area contributed by atoms with Crippen molar-refractivity contribution >= 4 is 27.4 Å². The van der Waals surface area contributed by atoms with Gasteiger partial charge in [0.25, 0.3) is 0 Å². The summed E-state index contributed by atoms with van der Waals surface area (Å²) in [6, 6.07) is 19.6. The second-order valence-corrected chi connectivity index (χ2v) is 9.01. The number of hydrogen-bond acceptors (Lipinski definition) is 5. The van der Waals surface area contributed by atoms with Crippen LogP contribution in [0.1, 0.15) is 41.3 Å². The van der Waals surface area contributed by atoms with Gasteiger partial charge in [0.1, 0.15) is 16.8 Å². The Hall–Kier alpha value is -2.76. The highest BCUT2D eigenvalue weighted by atomic mass is 32.1. The third-order valence-corrected chi connectivity index (χ3v) is 6.12. The first-order valence-electron chi connectivity index (χ1n) is 10.4. The Bertz CT molecular complexity index is 1130. The molecule has 0 amide bonds. The van der Waals surface area contributed by atoms with Crippen molar-refractivity contribution in [2.24, 2.45) is 0 Å². The van der Waals surface area contributed by atoms with E-state index in [4.69, 9.17) is 0 Å². The van der Waals surface area contributed by atoms with Gasteiger partial charge >= 0.3 is 0 Å². The van der Waals surface area contributed by atoms with Crippen LogP contribution in [0.4, 0.5) is 5.82 Å². The molecule has 0 bridgehead atoms. The maximum atomic E-state index is 9.90. The lowest BCUT2D eigenvalue weighted by Gasteiger charge is -2.10. The second kappa shape index (κ2) is 8.94.